The van der Waals surface area contributed by atoms with E-state index in [1.165, 1.54) is 12.8 Å². The monoisotopic (exact) mass is 364 g/mol. The second-order valence-electron chi connectivity index (χ2n) is 6.97. The topological polar surface area (TPSA) is 79.9 Å². The van der Waals surface area contributed by atoms with Crippen LogP contribution in [-0.4, -0.2) is 27.0 Å². The molecule has 0 bridgehead atoms. The van der Waals surface area contributed by atoms with Crippen LogP contribution >= 0.6 is 0 Å². The van der Waals surface area contributed by atoms with Crippen molar-refractivity contribution in [3.8, 4) is 5.88 Å². The number of nitrogens with one attached hydrogen (secondary N) is 2. The first-order valence-electron chi connectivity index (χ1n) is 9.59. The maximum atomic E-state index is 12.2. The van der Waals surface area contributed by atoms with E-state index in [4.69, 9.17) is 4.74 Å². The number of amides is 1. The number of rotatable bonds is 7. The van der Waals surface area contributed by atoms with Gasteiger partial charge in [-0.05, 0) is 43.9 Å². The SMILES string of the molecule is O=C(CCc1nc2ccccc2[nH]1)NCc1cccnc1OC1CCCC1. The van der Waals surface area contributed by atoms with Gasteiger partial charge < -0.3 is 15.0 Å². The number of H-pyrrole nitrogens is 1. The van der Waals surface area contributed by atoms with Crippen LogP contribution in [-0.2, 0) is 17.8 Å². The third kappa shape index (κ3) is 4.45. The average Bonchev–Trinajstić information content (AvgIpc) is 3.34. The Balaban J connectivity index is 1.30. The molecule has 140 valence electrons. The molecular formula is C21H24N4O2. The van der Waals surface area contributed by atoms with E-state index in [1.54, 1.807) is 6.20 Å². The van der Waals surface area contributed by atoms with Gasteiger partial charge >= 0.3 is 0 Å². The molecule has 6 heteroatoms. The quantitative estimate of drug-likeness (QED) is 0.672. The molecule has 1 fully saturated rings. The van der Waals surface area contributed by atoms with Crippen molar-refractivity contribution in [2.75, 3.05) is 0 Å². The zero-order chi connectivity index (χ0) is 18.5. The number of hydrogen-bond donors (Lipinski definition) is 2. The van der Waals surface area contributed by atoms with Crippen molar-refractivity contribution in [3.05, 3.63) is 54.0 Å². The smallest absolute Gasteiger partial charge is 0.220 e. The number of aromatic amines is 1. The Morgan fingerprint density at radius 1 is 1.19 bits per heavy atom. The van der Waals surface area contributed by atoms with Crippen LogP contribution in [0.25, 0.3) is 11.0 Å². The lowest BCUT2D eigenvalue weighted by Gasteiger charge is -2.15. The molecule has 3 aromatic rings. The van der Waals surface area contributed by atoms with Crippen LogP contribution in [0.5, 0.6) is 5.88 Å². The van der Waals surface area contributed by atoms with Gasteiger partial charge in [0.05, 0.1) is 11.0 Å². The Labute approximate surface area is 158 Å². The summed E-state index contributed by atoms with van der Waals surface area (Å²) in [6.45, 7) is 0.425. The van der Waals surface area contributed by atoms with Crippen molar-refractivity contribution in [2.24, 2.45) is 0 Å². The first-order chi connectivity index (χ1) is 13.3. The molecule has 0 atom stereocenters. The fraction of sp³-hybridized carbons (Fsp3) is 0.381. The van der Waals surface area contributed by atoms with Crippen molar-refractivity contribution in [1.82, 2.24) is 20.3 Å². The molecule has 0 saturated heterocycles. The van der Waals surface area contributed by atoms with Crippen LogP contribution in [0.4, 0.5) is 0 Å². The van der Waals surface area contributed by atoms with Gasteiger partial charge in [-0.25, -0.2) is 9.97 Å². The number of benzene rings is 1. The standard InChI is InChI=1S/C21H24N4O2/c26-20(12-11-19-24-17-9-3-4-10-18(17)25-19)23-14-15-6-5-13-22-21(15)27-16-7-1-2-8-16/h3-6,9-10,13,16H,1-2,7-8,11-12,14H2,(H,23,26)(H,24,25). The first-order valence-corrected chi connectivity index (χ1v) is 9.59. The summed E-state index contributed by atoms with van der Waals surface area (Å²) in [6, 6.07) is 11.7. The second kappa shape index (κ2) is 8.20. The molecule has 4 rings (SSSR count). The van der Waals surface area contributed by atoms with Gasteiger partial charge in [-0.2, -0.15) is 0 Å². The van der Waals surface area contributed by atoms with Crippen molar-refractivity contribution in [2.45, 2.75) is 51.2 Å². The highest BCUT2D eigenvalue weighted by Crippen LogP contribution is 2.25. The summed E-state index contributed by atoms with van der Waals surface area (Å²) in [5, 5.41) is 2.97. The number of imidazole rings is 1. The van der Waals surface area contributed by atoms with Gasteiger partial charge in [0.2, 0.25) is 11.8 Å². The van der Waals surface area contributed by atoms with Gasteiger partial charge in [0.15, 0.2) is 0 Å². The number of carbonyl (C=O) groups is 1. The van der Waals surface area contributed by atoms with Gasteiger partial charge in [-0.15, -0.1) is 0 Å². The summed E-state index contributed by atoms with van der Waals surface area (Å²) in [4.78, 5) is 24.4. The highest BCUT2D eigenvalue weighted by molar-refractivity contribution is 5.77. The van der Waals surface area contributed by atoms with E-state index < -0.39 is 0 Å². The predicted molar refractivity (Wildman–Crippen MR) is 103 cm³/mol. The fourth-order valence-electron chi connectivity index (χ4n) is 3.47. The summed E-state index contributed by atoms with van der Waals surface area (Å²) in [6.07, 6.45) is 7.55. The minimum Gasteiger partial charge on any atom is -0.474 e. The molecule has 1 aromatic carbocycles. The molecule has 0 spiro atoms. The number of nitrogens with zero attached hydrogens (tertiary/aromatic N) is 2. The van der Waals surface area contributed by atoms with Gasteiger partial charge in [-0.1, -0.05) is 18.2 Å². The summed E-state index contributed by atoms with van der Waals surface area (Å²) < 4.78 is 6.02. The van der Waals surface area contributed by atoms with Crippen molar-refractivity contribution in [3.63, 3.8) is 0 Å². The maximum Gasteiger partial charge on any atom is 0.220 e. The number of fused-ring (bicyclic) bond motifs is 1. The molecule has 1 aliphatic carbocycles. The second-order valence-corrected chi connectivity index (χ2v) is 6.97. The number of aromatic nitrogens is 3. The average molecular weight is 364 g/mol. The molecule has 2 N–H and O–H groups in total. The van der Waals surface area contributed by atoms with Crippen LogP contribution in [0.1, 0.15) is 43.5 Å². The van der Waals surface area contributed by atoms with Crippen LogP contribution in [0.2, 0.25) is 0 Å². The Kier molecular flexibility index (Phi) is 5.32. The van der Waals surface area contributed by atoms with E-state index >= 15 is 0 Å². The molecule has 2 heterocycles. The molecule has 1 saturated carbocycles. The van der Waals surface area contributed by atoms with Gasteiger partial charge in [0.25, 0.3) is 0 Å². The molecule has 0 radical (unpaired) electrons. The number of hydrogen-bond acceptors (Lipinski definition) is 4. The van der Waals surface area contributed by atoms with Crippen LogP contribution in [0, 0.1) is 0 Å². The number of carbonyl (C=O) groups excluding carboxylic acids is 1. The van der Waals surface area contributed by atoms with Crippen molar-refractivity contribution >= 4 is 16.9 Å². The summed E-state index contributed by atoms with van der Waals surface area (Å²) in [5.41, 5.74) is 2.84. The lowest BCUT2D eigenvalue weighted by Crippen LogP contribution is -2.24. The van der Waals surface area contributed by atoms with E-state index in [-0.39, 0.29) is 12.0 Å². The molecule has 1 aliphatic rings. The highest BCUT2D eigenvalue weighted by atomic mass is 16.5. The lowest BCUT2D eigenvalue weighted by molar-refractivity contribution is -0.121. The Hall–Kier alpha value is -2.89. The number of pyridine rings is 1. The minimum atomic E-state index is -0.00822. The molecule has 2 aromatic heterocycles. The third-order valence-electron chi connectivity index (χ3n) is 4.93. The fourth-order valence-corrected chi connectivity index (χ4v) is 3.47. The summed E-state index contributed by atoms with van der Waals surface area (Å²) in [5.74, 6) is 1.46. The van der Waals surface area contributed by atoms with E-state index in [0.717, 1.165) is 35.3 Å². The Morgan fingerprint density at radius 2 is 2.04 bits per heavy atom. The first kappa shape index (κ1) is 17.5. The third-order valence-corrected chi connectivity index (χ3v) is 4.93. The molecule has 27 heavy (non-hydrogen) atoms. The van der Waals surface area contributed by atoms with Crippen LogP contribution in [0.15, 0.2) is 42.6 Å². The van der Waals surface area contributed by atoms with Crippen molar-refractivity contribution in [1.29, 1.82) is 0 Å². The van der Waals surface area contributed by atoms with E-state index in [9.17, 15) is 4.79 Å². The summed E-state index contributed by atoms with van der Waals surface area (Å²) >= 11 is 0. The number of para-hydroxylation sites is 2. The van der Waals surface area contributed by atoms with Crippen LogP contribution < -0.4 is 10.1 Å². The normalized spacial score (nSPS) is 14.5. The Morgan fingerprint density at radius 3 is 2.89 bits per heavy atom. The zero-order valence-corrected chi connectivity index (χ0v) is 15.3. The molecule has 0 aliphatic heterocycles. The van der Waals surface area contributed by atoms with Crippen molar-refractivity contribution < 1.29 is 9.53 Å². The largest absolute Gasteiger partial charge is 0.474 e. The van der Waals surface area contributed by atoms with E-state index in [0.29, 0.717) is 25.3 Å². The molecule has 1 amide bonds. The summed E-state index contributed by atoms with van der Waals surface area (Å²) in [7, 11) is 0. The lowest BCUT2D eigenvalue weighted by atomic mass is 10.2. The Bertz CT molecular complexity index is 882. The van der Waals surface area contributed by atoms with Gasteiger partial charge in [0, 0.05) is 31.1 Å². The zero-order valence-electron chi connectivity index (χ0n) is 15.3. The highest BCUT2D eigenvalue weighted by Gasteiger charge is 2.18. The number of aryl methyl sites for hydroxylation is 1. The van der Waals surface area contributed by atoms with Crippen LogP contribution in [0.3, 0.4) is 0 Å². The number of ether oxygens (including phenoxy) is 1. The maximum absolute atomic E-state index is 12.2. The van der Waals surface area contributed by atoms with E-state index in [1.807, 2.05) is 36.4 Å². The molecular weight excluding hydrogens is 340 g/mol. The van der Waals surface area contributed by atoms with Gasteiger partial charge in [0.1, 0.15) is 11.9 Å². The van der Waals surface area contributed by atoms with Gasteiger partial charge in [-0.3, -0.25) is 4.79 Å². The predicted octanol–water partition coefficient (Wildman–Crippen LogP) is 3.53. The molecule has 0 unspecified atom stereocenters. The minimum absolute atomic E-state index is 0.00822. The molecule has 6 nitrogen and oxygen atoms in total. The van der Waals surface area contributed by atoms with E-state index in [2.05, 4.69) is 20.3 Å².